The molecule has 0 fully saturated rings. The first-order chi connectivity index (χ1) is 12.5. The Kier molecular flexibility index (Phi) is 3.61. The number of rotatable bonds is 3. The van der Waals surface area contributed by atoms with Gasteiger partial charge in [-0.3, -0.25) is 5.10 Å². The molecule has 0 saturated carbocycles. The zero-order valence-electron chi connectivity index (χ0n) is 13.2. The van der Waals surface area contributed by atoms with Gasteiger partial charge in [0.1, 0.15) is 11.3 Å². The summed E-state index contributed by atoms with van der Waals surface area (Å²) in [5.74, 6) is 4.81. The van der Waals surface area contributed by atoms with Crippen LogP contribution in [0.4, 0.5) is 8.78 Å². The van der Waals surface area contributed by atoms with E-state index in [0.29, 0.717) is 16.6 Å². The smallest absolute Gasteiger partial charge is 0.333 e. The van der Waals surface area contributed by atoms with Gasteiger partial charge in [0, 0.05) is 10.9 Å². The Hall–Kier alpha value is -3.75. The molecule has 2 aromatic carbocycles. The normalized spacial score (nSPS) is 11.6. The zero-order chi connectivity index (χ0) is 18.3. The van der Waals surface area contributed by atoms with E-state index in [1.807, 2.05) is 0 Å². The number of hydrogen-bond acceptors (Lipinski definition) is 4. The van der Waals surface area contributed by atoms with Crippen molar-refractivity contribution in [2.24, 2.45) is 0 Å². The van der Waals surface area contributed by atoms with Gasteiger partial charge >= 0.3 is 5.69 Å². The van der Waals surface area contributed by atoms with Gasteiger partial charge in [0.25, 0.3) is 0 Å². The van der Waals surface area contributed by atoms with Gasteiger partial charge in [-0.1, -0.05) is 18.2 Å². The molecular weight excluding hydrogens is 342 g/mol. The lowest BCUT2D eigenvalue weighted by Crippen LogP contribution is -2.24. The van der Waals surface area contributed by atoms with E-state index in [0.717, 1.165) is 10.2 Å². The van der Waals surface area contributed by atoms with Gasteiger partial charge in [-0.2, -0.15) is 14.9 Å². The molecule has 0 spiro atoms. The van der Waals surface area contributed by atoms with Crippen LogP contribution in [0, 0.1) is 11.6 Å². The van der Waals surface area contributed by atoms with Crippen molar-refractivity contribution < 1.29 is 8.78 Å². The number of aromatic nitrogens is 5. The summed E-state index contributed by atoms with van der Waals surface area (Å²) in [5.41, 5.74) is 1.19. The number of nitrogens with two attached hydrogens (primary N) is 1. The van der Waals surface area contributed by atoms with Gasteiger partial charge in [-0.05, 0) is 35.9 Å². The van der Waals surface area contributed by atoms with E-state index < -0.39 is 11.5 Å². The number of nitrogen functional groups attached to an aromatic ring is 1. The molecule has 0 bridgehead atoms. The van der Waals surface area contributed by atoms with Crippen LogP contribution < -0.4 is 11.5 Å². The van der Waals surface area contributed by atoms with E-state index in [9.17, 15) is 13.6 Å². The minimum Gasteiger partial charge on any atom is -0.333 e. The van der Waals surface area contributed by atoms with Crippen LogP contribution in [-0.4, -0.2) is 25.1 Å². The maximum atomic E-state index is 14.4. The van der Waals surface area contributed by atoms with Gasteiger partial charge in [0.15, 0.2) is 11.6 Å². The highest BCUT2D eigenvalue weighted by molar-refractivity contribution is 5.92. The number of halogens is 2. The third-order valence-corrected chi connectivity index (χ3v) is 3.92. The number of fused-ring (bicyclic) bond motifs is 1. The molecule has 130 valence electrons. The second-order valence-electron chi connectivity index (χ2n) is 5.60. The summed E-state index contributed by atoms with van der Waals surface area (Å²) >= 11 is 0. The van der Waals surface area contributed by atoms with E-state index >= 15 is 0 Å². The average Bonchev–Trinajstić information content (AvgIpc) is 3.19. The predicted molar refractivity (Wildman–Crippen MR) is 93.4 cm³/mol. The third-order valence-electron chi connectivity index (χ3n) is 3.92. The Morgan fingerprint density at radius 1 is 1.04 bits per heavy atom. The summed E-state index contributed by atoms with van der Waals surface area (Å²) in [6, 6.07) is 8.77. The molecule has 0 radical (unpaired) electrons. The largest absolute Gasteiger partial charge is 0.362 e. The molecule has 0 amide bonds. The molecule has 4 rings (SSSR count). The quantitative estimate of drug-likeness (QED) is 0.491. The summed E-state index contributed by atoms with van der Waals surface area (Å²) in [4.78, 5) is 11.4. The highest BCUT2D eigenvalue weighted by atomic mass is 19.1. The lowest BCUT2D eigenvalue weighted by atomic mass is 10.1. The maximum absolute atomic E-state index is 14.4. The fourth-order valence-electron chi connectivity index (χ4n) is 2.61. The van der Waals surface area contributed by atoms with E-state index in [2.05, 4.69) is 20.4 Å². The number of nitrogens with zero attached hydrogens (tertiary/aromatic N) is 3. The Balaban J connectivity index is 1.80. The van der Waals surface area contributed by atoms with Gasteiger partial charge in [0.2, 0.25) is 0 Å². The number of nitrogens with one attached hydrogen (secondary N) is 2. The predicted octanol–water partition coefficient (Wildman–Crippen LogP) is 2.28. The number of hydrogen-bond donors (Lipinski definition) is 3. The van der Waals surface area contributed by atoms with Gasteiger partial charge < -0.3 is 5.84 Å². The number of aromatic amines is 2. The molecule has 26 heavy (non-hydrogen) atoms. The summed E-state index contributed by atoms with van der Waals surface area (Å²) in [6.45, 7) is 0. The monoisotopic (exact) mass is 354 g/mol. The van der Waals surface area contributed by atoms with Crippen LogP contribution in [0.5, 0.6) is 0 Å². The van der Waals surface area contributed by atoms with Crippen molar-refractivity contribution in [2.45, 2.75) is 0 Å². The molecule has 2 heterocycles. The second-order valence-corrected chi connectivity index (χ2v) is 5.60. The lowest BCUT2D eigenvalue weighted by molar-refractivity contribution is 0.627. The molecule has 2 aromatic heterocycles. The van der Waals surface area contributed by atoms with Crippen LogP contribution >= 0.6 is 0 Å². The Morgan fingerprint density at radius 3 is 2.50 bits per heavy atom. The maximum Gasteiger partial charge on any atom is 0.362 e. The first kappa shape index (κ1) is 15.8. The van der Waals surface area contributed by atoms with E-state index in [1.165, 1.54) is 18.2 Å². The minimum atomic E-state index is -0.607. The van der Waals surface area contributed by atoms with Crippen LogP contribution in [0.15, 0.2) is 41.2 Å². The van der Waals surface area contributed by atoms with E-state index in [1.54, 1.807) is 30.4 Å². The topological polar surface area (TPSA) is 105 Å². The molecule has 0 aliphatic rings. The fourth-order valence-corrected chi connectivity index (χ4v) is 2.61. The van der Waals surface area contributed by atoms with Crippen LogP contribution in [0.1, 0.15) is 11.3 Å². The summed E-state index contributed by atoms with van der Waals surface area (Å²) in [6.07, 6.45) is 3.44. The standard InChI is InChI=1S/C17H12F2N6O/c18-11-4-1-9(2-5-11)3-6-14-12-7-10(8-13(19)15(12)22-21-14)16-23-24-17(26)25(16)20/h1-8H,20H2,(H,21,22)(H,24,26)/b6-3+. The van der Waals surface area contributed by atoms with Crippen molar-refractivity contribution >= 4 is 23.1 Å². The third kappa shape index (κ3) is 2.65. The van der Waals surface area contributed by atoms with E-state index in [4.69, 9.17) is 5.84 Å². The van der Waals surface area contributed by atoms with Crippen molar-refractivity contribution in [1.29, 1.82) is 0 Å². The molecular formula is C17H12F2N6O. The zero-order valence-corrected chi connectivity index (χ0v) is 13.2. The van der Waals surface area contributed by atoms with Crippen molar-refractivity contribution in [1.82, 2.24) is 25.1 Å². The molecule has 0 unspecified atom stereocenters. The summed E-state index contributed by atoms with van der Waals surface area (Å²) in [7, 11) is 0. The highest BCUT2D eigenvalue weighted by Crippen LogP contribution is 2.26. The first-order valence-corrected chi connectivity index (χ1v) is 7.57. The average molecular weight is 354 g/mol. The van der Waals surface area contributed by atoms with Crippen molar-refractivity contribution in [2.75, 3.05) is 5.84 Å². The molecule has 0 aliphatic heterocycles. The molecule has 7 nitrogen and oxygen atoms in total. The Bertz CT molecular complexity index is 1190. The first-order valence-electron chi connectivity index (χ1n) is 7.57. The van der Waals surface area contributed by atoms with Gasteiger partial charge in [0.05, 0.1) is 5.69 Å². The molecule has 9 heteroatoms. The molecule has 0 aliphatic carbocycles. The molecule has 4 N–H and O–H groups in total. The Labute approximate surface area is 144 Å². The Morgan fingerprint density at radius 2 is 1.81 bits per heavy atom. The highest BCUT2D eigenvalue weighted by Gasteiger charge is 2.15. The van der Waals surface area contributed by atoms with Crippen LogP contribution in [0.3, 0.4) is 0 Å². The van der Waals surface area contributed by atoms with Crippen molar-refractivity contribution in [3.63, 3.8) is 0 Å². The number of H-pyrrole nitrogens is 2. The van der Waals surface area contributed by atoms with Crippen molar-refractivity contribution in [3.05, 3.63) is 69.8 Å². The summed E-state index contributed by atoms with van der Waals surface area (Å²) < 4.78 is 28.1. The SMILES string of the molecule is Nn1c(-c2cc(F)c3n[nH]c(/C=C/c4ccc(F)cc4)c3c2)n[nH]c1=O. The minimum absolute atomic E-state index is 0.102. The van der Waals surface area contributed by atoms with Gasteiger partial charge in [-0.15, -0.1) is 0 Å². The molecule has 0 atom stereocenters. The summed E-state index contributed by atoms with van der Waals surface area (Å²) in [5, 5.41) is 13.2. The van der Waals surface area contributed by atoms with Crippen LogP contribution in [0.25, 0.3) is 34.4 Å². The molecule has 4 aromatic rings. The van der Waals surface area contributed by atoms with Gasteiger partial charge in [-0.25, -0.2) is 18.7 Å². The number of benzene rings is 2. The fraction of sp³-hybridized carbons (Fsp3) is 0. The second kappa shape index (κ2) is 5.96. The van der Waals surface area contributed by atoms with E-state index in [-0.39, 0.29) is 17.2 Å². The van der Waals surface area contributed by atoms with Crippen LogP contribution in [0.2, 0.25) is 0 Å². The lowest BCUT2D eigenvalue weighted by Gasteiger charge is -2.01. The van der Waals surface area contributed by atoms with Crippen molar-refractivity contribution in [3.8, 4) is 11.4 Å². The van der Waals surface area contributed by atoms with Crippen LogP contribution in [-0.2, 0) is 0 Å². The molecule has 0 saturated heterocycles.